The third kappa shape index (κ3) is 7.31. The van der Waals surface area contributed by atoms with E-state index < -0.39 is 11.6 Å². The number of aromatic nitrogens is 1. The van der Waals surface area contributed by atoms with Crippen LogP contribution in [-0.2, 0) is 9.53 Å². The Bertz CT molecular complexity index is 1450. The summed E-state index contributed by atoms with van der Waals surface area (Å²) in [5, 5.41) is 5.58. The van der Waals surface area contributed by atoms with Crippen molar-refractivity contribution >= 4 is 28.8 Å². The Morgan fingerprint density at radius 2 is 1.74 bits per heavy atom. The van der Waals surface area contributed by atoms with Crippen molar-refractivity contribution in [1.29, 1.82) is 0 Å². The van der Waals surface area contributed by atoms with Crippen LogP contribution in [0.3, 0.4) is 0 Å². The number of urea groups is 1. The molecule has 0 aliphatic carbocycles. The number of carbonyl (C=O) groups is 2. The first-order valence-electron chi connectivity index (χ1n) is 12.6. The Morgan fingerprint density at radius 3 is 2.49 bits per heavy atom. The van der Waals surface area contributed by atoms with Crippen molar-refractivity contribution in [2.75, 3.05) is 25.6 Å². The number of nitrogens with one attached hydrogen (secondary N) is 2. The summed E-state index contributed by atoms with van der Waals surface area (Å²) in [4.78, 5) is 28.3. The number of fused-ring (bicyclic) bond motifs is 1. The Hall–Kier alpha value is -4.47. The van der Waals surface area contributed by atoms with E-state index in [9.17, 15) is 18.4 Å². The number of methoxy groups -OCH3 is 1. The Balaban J connectivity index is 1.42. The second-order valence-corrected chi connectivity index (χ2v) is 8.77. The normalized spacial score (nSPS) is 10.9. The number of halogens is 2. The quantitative estimate of drug-likeness (QED) is 0.163. The first-order valence-corrected chi connectivity index (χ1v) is 12.6. The summed E-state index contributed by atoms with van der Waals surface area (Å²) in [7, 11) is 1.51. The van der Waals surface area contributed by atoms with Gasteiger partial charge in [0.1, 0.15) is 22.9 Å². The molecule has 0 fully saturated rings. The van der Waals surface area contributed by atoms with Crippen molar-refractivity contribution in [3.8, 4) is 28.3 Å². The van der Waals surface area contributed by atoms with E-state index in [0.29, 0.717) is 65.2 Å². The summed E-state index contributed by atoms with van der Waals surface area (Å²) in [6.45, 7) is 2.61. The Morgan fingerprint density at radius 1 is 0.949 bits per heavy atom. The van der Waals surface area contributed by atoms with Crippen LogP contribution in [0.25, 0.3) is 33.7 Å². The zero-order valence-corrected chi connectivity index (χ0v) is 21.7. The SMILES string of the molecule is CCOC(=O)CCCCCNC(=O)Nc1ccc(OC)c(-c2nc3cc(-c4cc(F)cc(F)c4)ccc3o2)c1. The number of anilines is 1. The third-order valence-corrected chi connectivity index (χ3v) is 5.92. The number of amides is 2. The number of hydrogen-bond donors (Lipinski definition) is 2. The van der Waals surface area contributed by atoms with Crippen molar-refractivity contribution in [3.63, 3.8) is 0 Å². The van der Waals surface area contributed by atoms with Crippen molar-refractivity contribution < 1.29 is 32.3 Å². The molecule has 0 bridgehead atoms. The average molecular weight is 538 g/mol. The molecule has 3 aromatic carbocycles. The molecule has 0 spiro atoms. The molecule has 0 saturated carbocycles. The van der Waals surface area contributed by atoms with Gasteiger partial charge in [-0.15, -0.1) is 0 Å². The maximum absolute atomic E-state index is 13.7. The molecule has 39 heavy (non-hydrogen) atoms. The average Bonchev–Trinajstić information content (AvgIpc) is 3.33. The number of ether oxygens (including phenoxy) is 2. The monoisotopic (exact) mass is 537 g/mol. The van der Waals surface area contributed by atoms with Gasteiger partial charge in [-0.05, 0) is 73.4 Å². The number of unbranched alkanes of at least 4 members (excludes halogenated alkanes) is 2. The molecule has 0 radical (unpaired) electrons. The van der Waals surface area contributed by atoms with E-state index in [2.05, 4.69) is 15.6 Å². The number of rotatable bonds is 11. The van der Waals surface area contributed by atoms with Gasteiger partial charge < -0.3 is 24.5 Å². The van der Waals surface area contributed by atoms with Gasteiger partial charge in [0.2, 0.25) is 5.89 Å². The summed E-state index contributed by atoms with van der Waals surface area (Å²) in [5.74, 6) is -0.799. The van der Waals surface area contributed by atoms with Crippen LogP contribution in [0.1, 0.15) is 32.6 Å². The van der Waals surface area contributed by atoms with Gasteiger partial charge in [-0.3, -0.25) is 4.79 Å². The largest absolute Gasteiger partial charge is 0.496 e. The van der Waals surface area contributed by atoms with Crippen LogP contribution in [0.2, 0.25) is 0 Å². The summed E-state index contributed by atoms with van der Waals surface area (Å²) < 4.78 is 43.7. The molecule has 4 aromatic rings. The highest BCUT2D eigenvalue weighted by molar-refractivity contribution is 5.91. The first kappa shape index (κ1) is 27.6. The van der Waals surface area contributed by atoms with E-state index in [-0.39, 0.29) is 17.9 Å². The lowest BCUT2D eigenvalue weighted by atomic mass is 10.1. The maximum Gasteiger partial charge on any atom is 0.319 e. The van der Waals surface area contributed by atoms with E-state index in [4.69, 9.17) is 13.9 Å². The number of hydrogen-bond acceptors (Lipinski definition) is 6. The predicted octanol–water partition coefficient (Wildman–Crippen LogP) is 6.69. The first-order chi connectivity index (χ1) is 18.9. The van der Waals surface area contributed by atoms with Gasteiger partial charge >= 0.3 is 12.0 Å². The van der Waals surface area contributed by atoms with E-state index >= 15 is 0 Å². The molecule has 204 valence electrons. The van der Waals surface area contributed by atoms with Crippen LogP contribution >= 0.6 is 0 Å². The fraction of sp³-hybridized carbons (Fsp3) is 0.276. The minimum atomic E-state index is -0.668. The molecular formula is C29H29F2N3O5. The molecule has 0 saturated heterocycles. The highest BCUT2D eigenvalue weighted by Gasteiger charge is 2.16. The van der Waals surface area contributed by atoms with Crippen LogP contribution < -0.4 is 15.4 Å². The Labute approximate surface area is 224 Å². The van der Waals surface area contributed by atoms with Gasteiger partial charge in [-0.2, -0.15) is 0 Å². The van der Waals surface area contributed by atoms with E-state index in [0.717, 1.165) is 18.9 Å². The van der Waals surface area contributed by atoms with Crippen molar-refractivity contribution in [2.45, 2.75) is 32.6 Å². The fourth-order valence-electron chi connectivity index (χ4n) is 4.08. The summed E-state index contributed by atoms with van der Waals surface area (Å²) in [5.41, 5.74) is 2.96. The van der Waals surface area contributed by atoms with Gasteiger partial charge in [0.15, 0.2) is 5.58 Å². The molecule has 1 aromatic heterocycles. The topological polar surface area (TPSA) is 103 Å². The van der Waals surface area contributed by atoms with Gasteiger partial charge in [-0.1, -0.05) is 12.5 Å². The zero-order chi connectivity index (χ0) is 27.8. The highest BCUT2D eigenvalue weighted by Crippen LogP contribution is 2.35. The van der Waals surface area contributed by atoms with Crippen molar-refractivity contribution in [2.24, 2.45) is 0 Å². The Kier molecular flexibility index (Phi) is 9.09. The molecule has 1 heterocycles. The molecular weight excluding hydrogens is 508 g/mol. The minimum Gasteiger partial charge on any atom is -0.496 e. The number of esters is 1. The highest BCUT2D eigenvalue weighted by atomic mass is 19.1. The molecule has 0 aliphatic rings. The molecule has 2 N–H and O–H groups in total. The second-order valence-electron chi connectivity index (χ2n) is 8.77. The fourth-order valence-corrected chi connectivity index (χ4v) is 4.08. The van der Waals surface area contributed by atoms with Crippen LogP contribution in [0.5, 0.6) is 5.75 Å². The van der Waals surface area contributed by atoms with E-state index in [1.54, 1.807) is 43.3 Å². The molecule has 0 atom stereocenters. The molecule has 0 aliphatic heterocycles. The molecule has 0 unspecified atom stereocenters. The smallest absolute Gasteiger partial charge is 0.319 e. The van der Waals surface area contributed by atoms with Gasteiger partial charge in [0, 0.05) is 24.7 Å². The number of oxazole rings is 1. The lowest BCUT2D eigenvalue weighted by Crippen LogP contribution is -2.29. The zero-order valence-electron chi connectivity index (χ0n) is 21.7. The second kappa shape index (κ2) is 12.9. The van der Waals surface area contributed by atoms with Gasteiger partial charge in [0.25, 0.3) is 0 Å². The molecule has 2 amide bonds. The van der Waals surface area contributed by atoms with Crippen LogP contribution in [-0.4, -0.2) is 37.2 Å². The lowest BCUT2D eigenvalue weighted by molar-refractivity contribution is -0.143. The van der Waals surface area contributed by atoms with Crippen molar-refractivity contribution in [3.05, 3.63) is 66.2 Å². The maximum atomic E-state index is 13.7. The van der Waals surface area contributed by atoms with Crippen LogP contribution in [0, 0.1) is 11.6 Å². The number of nitrogens with zero attached hydrogens (tertiary/aromatic N) is 1. The number of benzene rings is 3. The van der Waals surface area contributed by atoms with E-state index in [1.165, 1.54) is 19.2 Å². The minimum absolute atomic E-state index is 0.208. The molecule has 8 nitrogen and oxygen atoms in total. The summed E-state index contributed by atoms with van der Waals surface area (Å²) >= 11 is 0. The standard InChI is InChI=1S/C29H29F2N3O5/c1-3-38-27(35)7-5-4-6-12-32-29(36)33-22-9-11-25(37-2)23(17-22)28-34-24-15-18(8-10-26(24)39-28)19-13-20(30)16-21(31)14-19/h8-11,13-17H,3-7,12H2,1-2H3,(H2,32,33,36). The van der Waals surface area contributed by atoms with Crippen molar-refractivity contribution in [1.82, 2.24) is 10.3 Å². The van der Waals surface area contributed by atoms with Gasteiger partial charge in [0.05, 0.1) is 19.3 Å². The third-order valence-electron chi connectivity index (χ3n) is 5.92. The predicted molar refractivity (Wildman–Crippen MR) is 143 cm³/mol. The van der Waals surface area contributed by atoms with E-state index in [1.807, 2.05) is 0 Å². The lowest BCUT2D eigenvalue weighted by Gasteiger charge is -2.11. The molecule has 10 heteroatoms. The summed E-state index contributed by atoms with van der Waals surface area (Å²) in [6.07, 6.45) is 2.59. The van der Waals surface area contributed by atoms with Gasteiger partial charge in [-0.25, -0.2) is 18.6 Å². The van der Waals surface area contributed by atoms with Crippen LogP contribution in [0.4, 0.5) is 19.3 Å². The van der Waals surface area contributed by atoms with Crippen LogP contribution in [0.15, 0.2) is 59.0 Å². The molecule has 4 rings (SSSR count). The summed E-state index contributed by atoms with van der Waals surface area (Å²) in [6, 6.07) is 13.1. The number of carbonyl (C=O) groups excluding carboxylic acids is 2.